The molecular weight excluding hydrogens is 134 g/mol. The van der Waals surface area contributed by atoms with Crippen LogP contribution < -0.4 is 5.32 Å². The molecule has 1 rings (SSSR count). The predicted octanol–water partition coefficient (Wildman–Crippen LogP) is 2.38. The van der Waals surface area contributed by atoms with Gasteiger partial charge < -0.3 is 5.32 Å². The normalized spacial score (nSPS) is 24.4. The van der Waals surface area contributed by atoms with E-state index in [4.69, 9.17) is 0 Å². The van der Waals surface area contributed by atoms with Crippen LogP contribution in [0.4, 0.5) is 0 Å². The Bertz CT molecular complexity index is 211. The molecule has 1 nitrogen and oxygen atoms in total. The van der Waals surface area contributed by atoms with Gasteiger partial charge in [-0.3, -0.25) is 0 Å². The van der Waals surface area contributed by atoms with Gasteiger partial charge in [0.2, 0.25) is 0 Å². The van der Waals surface area contributed by atoms with E-state index in [1.165, 1.54) is 11.3 Å². The van der Waals surface area contributed by atoms with Crippen molar-refractivity contribution in [1.29, 1.82) is 0 Å². The topological polar surface area (TPSA) is 12.0 Å². The number of rotatable bonds is 2. The van der Waals surface area contributed by atoms with Gasteiger partial charge in [-0.25, -0.2) is 0 Å². The summed E-state index contributed by atoms with van der Waals surface area (Å²) in [6, 6.07) is 0.564. The molecule has 1 heteroatoms. The van der Waals surface area contributed by atoms with E-state index in [0.29, 0.717) is 6.04 Å². The van der Waals surface area contributed by atoms with Crippen molar-refractivity contribution in [3.05, 3.63) is 36.1 Å². The molecule has 0 saturated carbocycles. The van der Waals surface area contributed by atoms with Gasteiger partial charge in [-0.05, 0) is 31.9 Å². The molecule has 1 N–H and O–H groups in total. The van der Waals surface area contributed by atoms with Crippen LogP contribution in [0.2, 0.25) is 0 Å². The van der Waals surface area contributed by atoms with Crippen LogP contribution in [0.3, 0.4) is 0 Å². The summed E-state index contributed by atoms with van der Waals surface area (Å²) in [5.41, 5.74) is 2.56. The Labute approximate surface area is 68.5 Å². The first-order valence-electron chi connectivity index (χ1n) is 4.02. The van der Waals surface area contributed by atoms with E-state index in [0.717, 1.165) is 6.42 Å². The van der Waals surface area contributed by atoms with Crippen LogP contribution in [0.1, 0.15) is 20.3 Å². The predicted molar refractivity (Wildman–Crippen MR) is 49.3 cm³/mol. The Kier molecular flexibility index (Phi) is 2.53. The number of hydrogen-bond acceptors (Lipinski definition) is 1. The van der Waals surface area contributed by atoms with Gasteiger partial charge in [0.25, 0.3) is 0 Å². The zero-order valence-corrected chi connectivity index (χ0v) is 7.22. The summed E-state index contributed by atoms with van der Waals surface area (Å²) >= 11 is 0. The van der Waals surface area contributed by atoms with Gasteiger partial charge in [0.15, 0.2) is 0 Å². The number of hydrogen-bond donors (Lipinski definition) is 1. The third-order valence-corrected chi connectivity index (χ3v) is 1.85. The number of nitrogens with one attached hydrogen (secondary N) is 1. The first-order chi connectivity index (χ1) is 5.27. The molecule has 0 fully saturated rings. The molecule has 1 atom stereocenters. The van der Waals surface area contributed by atoms with Gasteiger partial charge in [0.05, 0.1) is 0 Å². The summed E-state index contributed by atoms with van der Waals surface area (Å²) in [5, 5.41) is 3.38. The highest BCUT2D eigenvalue weighted by molar-refractivity contribution is 5.35. The average Bonchev–Trinajstić information content (AvgIpc) is 2.32. The summed E-state index contributed by atoms with van der Waals surface area (Å²) < 4.78 is 0. The fourth-order valence-electron chi connectivity index (χ4n) is 1.36. The Morgan fingerprint density at radius 1 is 1.64 bits per heavy atom. The van der Waals surface area contributed by atoms with Crippen LogP contribution in [0.25, 0.3) is 0 Å². The Hall–Kier alpha value is -0.980. The molecular formula is C10H15N. The summed E-state index contributed by atoms with van der Waals surface area (Å²) in [7, 11) is 0. The third kappa shape index (κ3) is 1.73. The quantitative estimate of drug-likeness (QED) is 0.635. The second kappa shape index (κ2) is 3.42. The Morgan fingerprint density at radius 3 is 2.91 bits per heavy atom. The maximum atomic E-state index is 3.78. The molecule has 0 radical (unpaired) electrons. The molecule has 11 heavy (non-hydrogen) atoms. The molecule has 60 valence electrons. The van der Waals surface area contributed by atoms with Crippen LogP contribution in [-0.2, 0) is 0 Å². The summed E-state index contributed by atoms with van der Waals surface area (Å²) in [4.78, 5) is 0. The van der Waals surface area contributed by atoms with Crippen molar-refractivity contribution in [1.82, 2.24) is 5.32 Å². The fraction of sp³-hybridized carbons (Fsp3) is 0.400. The molecule has 0 amide bonds. The van der Waals surface area contributed by atoms with E-state index in [2.05, 4.69) is 24.9 Å². The molecule has 0 aromatic carbocycles. The lowest BCUT2D eigenvalue weighted by Crippen LogP contribution is -2.17. The first-order valence-corrected chi connectivity index (χ1v) is 4.02. The van der Waals surface area contributed by atoms with Gasteiger partial charge in [0, 0.05) is 11.7 Å². The van der Waals surface area contributed by atoms with E-state index in [1.54, 1.807) is 0 Å². The van der Waals surface area contributed by atoms with Crippen LogP contribution in [0, 0.1) is 0 Å². The second-order valence-electron chi connectivity index (χ2n) is 2.89. The van der Waals surface area contributed by atoms with Crippen LogP contribution in [0.5, 0.6) is 0 Å². The molecule has 0 aliphatic carbocycles. The molecule has 0 spiro atoms. The van der Waals surface area contributed by atoms with Crippen LogP contribution in [-0.4, -0.2) is 6.04 Å². The smallest absolute Gasteiger partial charge is 0.0372 e. The summed E-state index contributed by atoms with van der Waals surface area (Å²) in [5.74, 6) is 0. The minimum absolute atomic E-state index is 0.564. The molecule has 0 aromatic heterocycles. The largest absolute Gasteiger partial charge is 0.382 e. The fourth-order valence-corrected chi connectivity index (χ4v) is 1.36. The van der Waals surface area contributed by atoms with E-state index >= 15 is 0 Å². The van der Waals surface area contributed by atoms with Gasteiger partial charge in [0.1, 0.15) is 0 Å². The lowest BCUT2D eigenvalue weighted by Gasteiger charge is -2.02. The molecule has 0 aromatic rings. The van der Waals surface area contributed by atoms with E-state index in [1.807, 2.05) is 19.1 Å². The van der Waals surface area contributed by atoms with Gasteiger partial charge in [-0.1, -0.05) is 18.7 Å². The maximum absolute atomic E-state index is 3.78. The third-order valence-electron chi connectivity index (χ3n) is 1.85. The summed E-state index contributed by atoms with van der Waals surface area (Å²) in [6.07, 6.45) is 7.18. The average molecular weight is 149 g/mol. The van der Waals surface area contributed by atoms with Gasteiger partial charge in [-0.2, -0.15) is 0 Å². The molecule has 1 aliphatic rings. The van der Waals surface area contributed by atoms with Gasteiger partial charge >= 0.3 is 0 Å². The van der Waals surface area contributed by atoms with Crippen LogP contribution >= 0.6 is 0 Å². The van der Waals surface area contributed by atoms with Gasteiger partial charge in [-0.15, -0.1) is 0 Å². The van der Waals surface area contributed by atoms with Crippen LogP contribution in [0.15, 0.2) is 36.1 Å². The SMILES string of the molecule is C=CC1=C(/C=C\C)NC(C)C1. The standard InChI is InChI=1S/C10H15N/c1-4-6-10-9(5-2)7-8(3)11-10/h4-6,8,11H,2,7H2,1,3H3/b6-4-. The van der Waals surface area contributed by atoms with E-state index in [9.17, 15) is 0 Å². The maximum Gasteiger partial charge on any atom is 0.0372 e. The Balaban J connectivity index is 2.79. The van der Waals surface area contributed by atoms with Crippen molar-refractivity contribution in [2.45, 2.75) is 26.3 Å². The van der Waals surface area contributed by atoms with E-state index in [-0.39, 0.29) is 0 Å². The minimum Gasteiger partial charge on any atom is -0.382 e. The van der Waals surface area contributed by atoms with Crippen molar-refractivity contribution < 1.29 is 0 Å². The van der Waals surface area contributed by atoms with Crippen molar-refractivity contribution in [3.8, 4) is 0 Å². The summed E-state index contributed by atoms with van der Waals surface area (Å²) in [6.45, 7) is 7.98. The molecule has 1 heterocycles. The van der Waals surface area contributed by atoms with Crippen molar-refractivity contribution in [3.63, 3.8) is 0 Å². The number of allylic oxidation sites excluding steroid dienone is 3. The van der Waals surface area contributed by atoms with Crippen molar-refractivity contribution in [2.24, 2.45) is 0 Å². The van der Waals surface area contributed by atoms with Crippen molar-refractivity contribution in [2.75, 3.05) is 0 Å². The highest BCUT2D eigenvalue weighted by Crippen LogP contribution is 2.19. The monoisotopic (exact) mass is 149 g/mol. The first kappa shape index (κ1) is 8.12. The molecule has 0 saturated heterocycles. The highest BCUT2D eigenvalue weighted by atomic mass is 14.9. The zero-order chi connectivity index (χ0) is 8.27. The second-order valence-corrected chi connectivity index (χ2v) is 2.89. The lowest BCUT2D eigenvalue weighted by atomic mass is 10.1. The zero-order valence-electron chi connectivity index (χ0n) is 7.22. The van der Waals surface area contributed by atoms with Crippen molar-refractivity contribution >= 4 is 0 Å². The molecule has 1 unspecified atom stereocenters. The van der Waals surface area contributed by atoms with E-state index < -0.39 is 0 Å². The Morgan fingerprint density at radius 2 is 2.36 bits per heavy atom. The molecule has 0 bridgehead atoms. The molecule has 1 aliphatic heterocycles. The highest BCUT2D eigenvalue weighted by Gasteiger charge is 2.14. The lowest BCUT2D eigenvalue weighted by molar-refractivity contribution is 0.675. The minimum atomic E-state index is 0.564.